The van der Waals surface area contributed by atoms with E-state index in [1.807, 2.05) is 48.5 Å². The van der Waals surface area contributed by atoms with Gasteiger partial charge in [-0.2, -0.15) is 5.26 Å². The van der Waals surface area contributed by atoms with E-state index >= 15 is 0 Å². The number of methoxy groups -OCH3 is 1. The van der Waals surface area contributed by atoms with Crippen LogP contribution in [-0.4, -0.2) is 12.1 Å². The number of nitrogens with zero attached hydrogens (tertiary/aromatic N) is 1. The van der Waals surface area contributed by atoms with E-state index in [1.54, 1.807) is 20.1 Å². The smallest absolute Gasteiger partial charge is 0.266 e. The number of benzene rings is 2. The van der Waals surface area contributed by atoms with Crippen LogP contribution in [0.4, 0.5) is 0 Å². The van der Waals surface area contributed by atoms with E-state index in [-0.39, 0.29) is 12.2 Å². The Kier molecular flexibility index (Phi) is 5.63. The first-order chi connectivity index (χ1) is 13.0. The quantitative estimate of drug-likeness (QED) is 0.650. The number of H-pyrrole nitrogens is 1. The van der Waals surface area contributed by atoms with Gasteiger partial charge >= 0.3 is 0 Å². The summed E-state index contributed by atoms with van der Waals surface area (Å²) in [6, 6.07) is 16.9. The Hall–Kier alpha value is -3.04. The largest absolute Gasteiger partial charge is 0.496 e. The van der Waals surface area contributed by atoms with Crippen molar-refractivity contribution in [3.8, 4) is 28.7 Å². The van der Waals surface area contributed by atoms with Crippen LogP contribution in [0.1, 0.15) is 16.8 Å². The number of hydrogen-bond donors (Lipinski definition) is 1. The van der Waals surface area contributed by atoms with Crippen LogP contribution >= 0.6 is 15.9 Å². The minimum Gasteiger partial charge on any atom is -0.496 e. The normalized spacial score (nSPS) is 10.3. The van der Waals surface area contributed by atoms with Gasteiger partial charge in [-0.25, -0.2) is 0 Å². The van der Waals surface area contributed by atoms with E-state index in [0.717, 1.165) is 21.3 Å². The van der Waals surface area contributed by atoms with Crippen molar-refractivity contribution >= 4 is 15.9 Å². The van der Waals surface area contributed by atoms with Crippen LogP contribution in [0, 0.1) is 18.3 Å². The number of hydrogen-bond acceptors (Lipinski definition) is 4. The molecule has 0 amide bonds. The average molecular weight is 425 g/mol. The first-order valence-electron chi connectivity index (χ1n) is 8.21. The molecular weight excluding hydrogens is 408 g/mol. The van der Waals surface area contributed by atoms with Gasteiger partial charge in [0.25, 0.3) is 5.56 Å². The Labute approximate surface area is 165 Å². The van der Waals surface area contributed by atoms with Gasteiger partial charge in [-0.05, 0) is 48.9 Å². The van der Waals surface area contributed by atoms with Crippen LogP contribution in [0.3, 0.4) is 0 Å². The highest BCUT2D eigenvalue weighted by atomic mass is 79.9. The minimum absolute atomic E-state index is 0.0876. The van der Waals surface area contributed by atoms with Gasteiger partial charge in [0.2, 0.25) is 0 Å². The van der Waals surface area contributed by atoms with Gasteiger partial charge in [-0.15, -0.1) is 0 Å². The summed E-state index contributed by atoms with van der Waals surface area (Å²) < 4.78 is 12.2. The van der Waals surface area contributed by atoms with Crippen LogP contribution < -0.4 is 15.0 Å². The molecule has 3 rings (SSSR count). The second kappa shape index (κ2) is 8.11. The summed E-state index contributed by atoms with van der Waals surface area (Å²) >= 11 is 3.42. The molecule has 6 heteroatoms. The SMILES string of the molecule is COc1ccc(-c2cc(C)[nH]c(=O)c2C#N)cc1COc1cccc(Br)c1. The van der Waals surface area contributed by atoms with Gasteiger partial charge in [0.1, 0.15) is 29.7 Å². The van der Waals surface area contributed by atoms with Crippen molar-refractivity contribution < 1.29 is 9.47 Å². The van der Waals surface area contributed by atoms with E-state index in [0.29, 0.717) is 17.0 Å². The van der Waals surface area contributed by atoms with Crippen LogP contribution in [0.5, 0.6) is 11.5 Å². The molecule has 1 heterocycles. The Bertz CT molecular complexity index is 1080. The van der Waals surface area contributed by atoms with Crippen LogP contribution in [0.25, 0.3) is 11.1 Å². The molecule has 3 aromatic rings. The first-order valence-corrected chi connectivity index (χ1v) is 9.01. The van der Waals surface area contributed by atoms with E-state index in [1.165, 1.54) is 0 Å². The third kappa shape index (κ3) is 4.21. The number of rotatable bonds is 5. The number of halogens is 1. The molecule has 0 aliphatic carbocycles. The van der Waals surface area contributed by atoms with Crippen LogP contribution in [-0.2, 0) is 6.61 Å². The fraction of sp³-hybridized carbons (Fsp3) is 0.143. The zero-order chi connectivity index (χ0) is 19.4. The molecule has 136 valence electrons. The third-order valence-electron chi connectivity index (χ3n) is 4.06. The molecule has 0 radical (unpaired) electrons. The monoisotopic (exact) mass is 424 g/mol. The summed E-state index contributed by atoms with van der Waals surface area (Å²) in [7, 11) is 1.59. The summed E-state index contributed by atoms with van der Waals surface area (Å²) in [6.45, 7) is 2.07. The van der Waals surface area contributed by atoms with Gasteiger partial charge in [0.15, 0.2) is 0 Å². The standard InChI is InChI=1S/C21H17BrN2O3/c1-13-8-18(19(11-23)21(25)24-13)14-6-7-20(26-2)15(9-14)12-27-17-5-3-4-16(22)10-17/h3-10H,12H2,1-2H3,(H,24,25). The third-order valence-corrected chi connectivity index (χ3v) is 4.55. The number of nitrogens with one attached hydrogen (secondary N) is 1. The Morgan fingerprint density at radius 1 is 1.19 bits per heavy atom. The molecule has 0 aliphatic rings. The highest BCUT2D eigenvalue weighted by Gasteiger charge is 2.13. The maximum absolute atomic E-state index is 12.1. The summed E-state index contributed by atoms with van der Waals surface area (Å²) in [5.41, 5.74) is 2.55. The van der Waals surface area contributed by atoms with Crippen molar-refractivity contribution in [1.29, 1.82) is 5.26 Å². The molecule has 5 nitrogen and oxygen atoms in total. The van der Waals surface area contributed by atoms with E-state index in [2.05, 4.69) is 20.9 Å². The molecular formula is C21H17BrN2O3. The van der Waals surface area contributed by atoms with Crippen molar-refractivity contribution in [2.24, 2.45) is 0 Å². The minimum atomic E-state index is -0.393. The van der Waals surface area contributed by atoms with Gasteiger partial charge in [-0.3, -0.25) is 4.79 Å². The zero-order valence-corrected chi connectivity index (χ0v) is 16.5. The molecule has 1 aromatic heterocycles. The Morgan fingerprint density at radius 3 is 2.70 bits per heavy atom. The molecule has 0 saturated heterocycles. The molecule has 0 fully saturated rings. The molecule has 27 heavy (non-hydrogen) atoms. The second-order valence-corrected chi connectivity index (χ2v) is 6.87. The fourth-order valence-corrected chi connectivity index (χ4v) is 3.18. The number of aryl methyl sites for hydroxylation is 1. The zero-order valence-electron chi connectivity index (χ0n) is 14.9. The van der Waals surface area contributed by atoms with Gasteiger partial charge in [-0.1, -0.05) is 28.1 Å². The van der Waals surface area contributed by atoms with Crippen molar-refractivity contribution in [3.05, 3.63) is 80.2 Å². The Balaban J connectivity index is 1.99. The van der Waals surface area contributed by atoms with Crippen molar-refractivity contribution in [2.45, 2.75) is 13.5 Å². The van der Waals surface area contributed by atoms with Crippen molar-refractivity contribution in [2.75, 3.05) is 7.11 Å². The van der Waals surface area contributed by atoms with Crippen LogP contribution in [0.2, 0.25) is 0 Å². The predicted molar refractivity (Wildman–Crippen MR) is 107 cm³/mol. The average Bonchev–Trinajstić information content (AvgIpc) is 2.65. The van der Waals surface area contributed by atoms with E-state index in [9.17, 15) is 10.1 Å². The molecule has 0 spiro atoms. The molecule has 0 aliphatic heterocycles. The summed E-state index contributed by atoms with van der Waals surface area (Å²) in [5, 5.41) is 9.38. The summed E-state index contributed by atoms with van der Waals surface area (Å²) in [5.74, 6) is 1.40. The lowest BCUT2D eigenvalue weighted by Gasteiger charge is -2.13. The molecule has 0 unspecified atom stereocenters. The lowest BCUT2D eigenvalue weighted by Crippen LogP contribution is -2.12. The molecule has 0 saturated carbocycles. The molecule has 2 aromatic carbocycles. The second-order valence-electron chi connectivity index (χ2n) is 5.95. The highest BCUT2D eigenvalue weighted by molar-refractivity contribution is 9.10. The fourth-order valence-electron chi connectivity index (χ4n) is 2.80. The van der Waals surface area contributed by atoms with Gasteiger partial charge in [0.05, 0.1) is 7.11 Å². The van der Waals surface area contributed by atoms with E-state index < -0.39 is 5.56 Å². The maximum atomic E-state index is 12.1. The van der Waals surface area contributed by atoms with Crippen molar-refractivity contribution in [1.82, 2.24) is 4.98 Å². The lowest BCUT2D eigenvalue weighted by atomic mass is 9.99. The van der Waals surface area contributed by atoms with Crippen molar-refractivity contribution in [3.63, 3.8) is 0 Å². The maximum Gasteiger partial charge on any atom is 0.266 e. The number of ether oxygens (including phenoxy) is 2. The summed E-state index contributed by atoms with van der Waals surface area (Å²) in [4.78, 5) is 14.7. The van der Waals surface area contributed by atoms with Gasteiger partial charge in [0, 0.05) is 21.3 Å². The molecule has 0 atom stereocenters. The van der Waals surface area contributed by atoms with Gasteiger partial charge < -0.3 is 14.5 Å². The summed E-state index contributed by atoms with van der Waals surface area (Å²) in [6.07, 6.45) is 0. The first kappa shape index (κ1) is 18.7. The van der Waals surface area contributed by atoms with E-state index in [4.69, 9.17) is 9.47 Å². The number of pyridine rings is 1. The predicted octanol–water partition coefficient (Wildman–Crippen LogP) is 4.57. The highest BCUT2D eigenvalue weighted by Crippen LogP contribution is 2.29. The number of aromatic nitrogens is 1. The topological polar surface area (TPSA) is 75.1 Å². The van der Waals surface area contributed by atoms with Crippen LogP contribution in [0.15, 0.2) is 57.8 Å². The number of aromatic amines is 1. The number of nitriles is 1. The Morgan fingerprint density at radius 2 is 2.00 bits per heavy atom. The lowest BCUT2D eigenvalue weighted by molar-refractivity contribution is 0.296. The molecule has 1 N–H and O–H groups in total. The molecule has 0 bridgehead atoms.